The monoisotopic (exact) mass is 172 g/mol. The Morgan fingerprint density at radius 2 is 1.92 bits per heavy atom. The van der Waals surface area contributed by atoms with E-state index in [1.54, 1.807) is 0 Å². The zero-order valence-electron chi connectivity index (χ0n) is 8.13. The number of quaternary nitrogens is 1. The van der Waals surface area contributed by atoms with Crippen molar-refractivity contribution in [3.05, 3.63) is 12.2 Å². The second-order valence-corrected chi connectivity index (χ2v) is 4.03. The Labute approximate surface area is 73.9 Å². The summed E-state index contributed by atoms with van der Waals surface area (Å²) in [7, 11) is 6.26. The number of aliphatic carboxylic acids is 1. The van der Waals surface area contributed by atoms with E-state index < -0.39 is 5.97 Å². The number of hydrogen-bond donors (Lipinski definition) is 1. The van der Waals surface area contributed by atoms with E-state index in [0.29, 0.717) is 12.0 Å². The predicted molar refractivity (Wildman–Crippen MR) is 48.9 cm³/mol. The lowest BCUT2D eigenvalue weighted by Crippen LogP contribution is -2.35. The van der Waals surface area contributed by atoms with Gasteiger partial charge in [0.15, 0.2) is 0 Å². The SMILES string of the molecule is C=C(CCC[N+](C)(C)C)C(=O)O. The molecule has 12 heavy (non-hydrogen) atoms. The van der Waals surface area contributed by atoms with Crippen LogP contribution >= 0.6 is 0 Å². The molecule has 3 heteroatoms. The minimum Gasteiger partial charge on any atom is -0.478 e. The van der Waals surface area contributed by atoms with Crippen LogP contribution in [0, 0.1) is 0 Å². The third kappa shape index (κ3) is 5.92. The van der Waals surface area contributed by atoms with Crippen molar-refractivity contribution in [3.63, 3.8) is 0 Å². The minimum atomic E-state index is -0.878. The van der Waals surface area contributed by atoms with Gasteiger partial charge in [0, 0.05) is 12.0 Å². The van der Waals surface area contributed by atoms with Crippen molar-refractivity contribution >= 4 is 5.97 Å². The molecule has 1 N–H and O–H groups in total. The van der Waals surface area contributed by atoms with E-state index in [9.17, 15) is 4.79 Å². The molecule has 0 rings (SSSR count). The molecule has 0 aromatic rings. The molecule has 0 aliphatic heterocycles. The summed E-state index contributed by atoms with van der Waals surface area (Å²) >= 11 is 0. The number of nitrogens with zero attached hydrogens (tertiary/aromatic N) is 1. The molecule has 0 fully saturated rings. The van der Waals surface area contributed by atoms with E-state index in [1.807, 2.05) is 0 Å². The van der Waals surface area contributed by atoms with Gasteiger partial charge in [-0.05, 0) is 6.42 Å². The van der Waals surface area contributed by atoms with E-state index >= 15 is 0 Å². The standard InChI is InChI=1S/C9H17NO2/c1-8(9(11)12)6-5-7-10(2,3)4/h1,5-7H2,2-4H3/p+1. The minimum absolute atomic E-state index is 0.309. The maximum absolute atomic E-state index is 10.4. The highest BCUT2D eigenvalue weighted by atomic mass is 16.4. The molecular weight excluding hydrogens is 154 g/mol. The molecule has 0 unspecified atom stereocenters. The first kappa shape index (κ1) is 11.2. The number of rotatable bonds is 5. The van der Waals surface area contributed by atoms with Crippen LogP contribution in [0.3, 0.4) is 0 Å². The van der Waals surface area contributed by atoms with E-state index in [-0.39, 0.29) is 0 Å². The second kappa shape index (κ2) is 4.26. The topological polar surface area (TPSA) is 37.3 Å². The molecule has 70 valence electrons. The first-order valence-electron chi connectivity index (χ1n) is 4.04. The van der Waals surface area contributed by atoms with E-state index in [0.717, 1.165) is 17.4 Å². The van der Waals surface area contributed by atoms with Crippen molar-refractivity contribution in [2.75, 3.05) is 27.7 Å². The summed E-state index contributed by atoms with van der Waals surface area (Å²) in [6.45, 7) is 4.45. The van der Waals surface area contributed by atoms with E-state index in [4.69, 9.17) is 5.11 Å². The van der Waals surface area contributed by atoms with E-state index in [1.165, 1.54) is 0 Å². The van der Waals surface area contributed by atoms with Crippen LogP contribution in [0.4, 0.5) is 0 Å². The van der Waals surface area contributed by atoms with Gasteiger partial charge in [0.25, 0.3) is 0 Å². The van der Waals surface area contributed by atoms with Crippen LogP contribution in [0.1, 0.15) is 12.8 Å². The molecule has 0 aliphatic rings. The Morgan fingerprint density at radius 1 is 1.42 bits per heavy atom. The van der Waals surface area contributed by atoms with Crippen molar-refractivity contribution in [2.45, 2.75) is 12.8 Å². The highest BCUT2D eigenvalue weighted by molar-refractivity contribution is 5.85. The molecule has 0 radical (unpaired) electrons. The molecule has 0 saturated carbocycles. The zero-order valence-corrected chi connectivity index (χ0v) is 8.13. The lowest BCUT2D eigenvalue weighted by molar-refractivity contribution is -0.870. The van der Waals surface area contributed by atoms with Gasteiger partial charge in [-0.15, -0.1) is 0 Å². The van der Waals surface area contributed by atoms with E-state index in [2.05, 4.69) is 27.7 Å². The average Bonchev–Trinajstić information content (AvgIpc) is 1.84. The van der Waals surface area contributed by atoms with Crippen molar-refractivity contribution < 1.29 is 14.4 Å². The predicted octanol–water partition coefficient (Wildman–Crippen LogP) is 1.11. The van der Waals surface area contributed by atoms with Gasteiger partial charge in [-0.2, -0.15) is 0 Å². The zero-order chi connectivity index (χ0) is 9.78. The Kier molecular flexibility index (Phi) is 3.96. The molecule has 0 bridgehead atoms. The summed E-state index contributed by atoms with van der Waals surface area (Å²) in [5.41, 5.74) is 0.309. The Hall–Kier alpha value is -0.830. The van der Waals surface area contributed by atoms with Gasteiger partial charge in [-0.1, -0.05) is 6.58 Å². The highest BCUT2D eigenvalue weighted by Crippen LogP contribution is 2.04. The number of carboxylic acid groups (broad SMARTS) is 1. The number of carboxylic acids is 1. The average molecular weight is 172 g/mol. The van der Waals surface area contributed by atoms with Crippen LogP contribution in [-0.2, 0) is 4.79 Å². The molecule has 0 aromatic carbocycles. The van der Waals surface area contributed by atoms with Crippen LogP contribution in [0.5, 0.6) is 0 Å². The summed E-state index contributed by atoms with van der Waals surface area (Å²) in [6, 6.07) is 0. The summed E-state index contributed by atoms with van der Waals surface area (Å²) in [5.74, 6) is -0.878. The van der Waals surface area contributed by atoms with Gasteiger partial charge in [0.05, 0.1) is 27.7 Å². The fourth-order valence-corrected chi connectivity index (χ4v) is 0.874. The largest absolute Gasteiger partial charge is 0.478 e. The smallest absolute Gasteiger partial charge is 0.330 e. The Bertz CT molecular complexity index is 179. The van der Waals surface area contributed by atoms with Crippen LogP contribution in [0.25, 0.3) is 0 Å². The summed E-state index contributed by atoms with van der Waals surface area (Å²) < 4.78 is 0.868. The molecule has 0 aromatic heterocycles. The third-order valence-corrected chi connectivity index (χ3v) is 1.61. The van der Waals surface area contributed by atoms with Crippen molar-refractivity contribution in [3.8, 4) is 0 Å². The number of carbonyl (C=O) groups is 1. The van der Waals surface area contributed by atoms with Crippen LogP contribution in [0.15, 0.2) is 12.2 Å². The lowest BCUT2D eigenvalue weighted by atomic mass is 10.1. The summed E-state index contributed by atoms with van der Waals surface area (Å²) in [6.07, 6.45) is 1.47. The fraction of sp³-hybridized carbons (Fsp3) is 0.667. The first-order valence-corrected chi connectivity index (χ1v) is 4.04. The van der Waals surface area contributed by atoms with Crippen molar-refractivity contribution in [1.29, 1.82) is 0 Å². The maximum Gasteiger partial charge on any atom is 0.330 e. The van der Waals surface area contributed by atoms with Gasteiger partial charge < -0.3 is 9.59 Å². The van der Waals surface area contributed by atoms with Crippen molar-refractivity contribution in [1.82, 2.24) is 0 Å². The molecular formula is C9H18NO2+. The van der Waals surface area contributed by atoms with Crippen molar-refractivity contribution in [2.24, 2.45) is 0 Å². The normalized spacial score (nSPS) is 11.2. The molecule has 0 saturated heterocycles. The molecule has 3 nitrogen and oxygen atoms in total. The van der Waals surface area contributed by atoms with Crippen LogP contribution in [-0.4, -0.2) is 43.2 Å². The highest BCUT2D eigenvalue weighted by Gasteiger charge is 2.08. The van der Waals surface area contributed by atoms with Crippen LogP contribution in [0.2, 0.25) is 0 Å². The van der Waals surface area contributed by atoms with Gasteiger partial charge in [0.1, 0.15) is 0 Å². The van der Waals surface area contributed by atoms with Gasteiger partial charge in [-0.25, -0.2) is 4.79 Å². The molecule has 0 aliphatic carbocycles. The fourth-order valence-electron chi connectivity index (χ4n) is 0.874. The molecule has 0 amide bonds. The number of hydrogen-bond acceptors (Lipinski definition) is 1. The summed E-state index contributed by atoms with van der Waals surface area (Å²) in [5, 5.41) is 8.51. The summed E-state index contributed by atoms with van der Waals surface area (Å²) in [4.78, 5) is 10.4. The molecule has 0 spiro atoms. The Morgan fingerprint density at radius 3 is 2.25 bits per heavy atom. The molecule has 0 atom stereocenters. The second-order valence-electron chi connectivity index (χ2n) is 4.03. The Balaban J connectivity index is 3.58. The van der Waals surface area contributed by atoms with Crippen LogP contribution < -0.4 is 0 Å². The maximum atomic E-state index is 10.4. The first-order chi connectivity index (χ1) is 5.33. The molecule has 0 heterocycles. The van der Waals surface area contributed by atoms with Gasteiger partial charge in [-0.3, -0.25) is 0 Å². The van der Waals surface area contributed by atoms with Gasteiger partial charge in [0.2, 0.25) is 0 Å². The van der Waals surface area contributed by atoms with Gasteiger partial charge >= 0.3 is 5.97 Å². The quantitative estimate of drug-likeness (QED) is 0.498. The lowest BCUT2D eigenvalue weighted by Gasteiger charge is -2.23. The third-order valence-electron chi connectivity index (χ3n) is 1.61.